The maximum Gasteiger partial charge on any atom is 0.268 e. The van der Waals surface area contributed by atoms with Gasteiger partial charge in [-0.3, -0.25) is 9.59 Å². The molecule has 3 rings (SSSR count). The lowest BCUT2D eigenvalue weighted by Crippen LogP contribution is -2.39. The summed E-state index contributed by atoms with van der Waals surface area (Å²) in [6.07, 6.45) is 1.14. The van der Waals surface area contributed by atoms with Gasteiger partial charge in [-0.2, -0.15) is 0 Å². The highest BCUT2D eigenvalue weighted by molar-refractivity contribution is 6.05. The lowest BCUT2D eigenvalue weighted by molar-refractivity contribution is -0.306. The Morgan fingerprint density at radius 2 is 1.35 bits per heavy atom. The minimum absolute atomic E-state index is 0.000618. The molecule has 156 valence electrons. The van der Waals surface area contributed by atoms with Crippen LogP contribution in [0.5, 0.6) is 0 Å². The van der Waals surface area contributed by atoms with Gasteiger partial charge in [-0.1, -0.05) is 78.9 Å². The molecule has 0 saturated carbocycles. The average molecular weight is 413 g/mol. The third-order valence-corrected chi connectivity index (χ3v) is 4.52. The largest absolute Gasteiger partial charge is 0.550 e. The normalized spacial score (nSPS) is 11.9. The van der Waals surface area contributed by atoms with E-state index in [1.165, 1.54) is 6.08 Å². The van der Waals surface area contributed by atoms with E-state index in [9.17, 15) is 19.5 Å². The third kappa shape index (κ3) is 6.40. The van der Waals surface area contributed by atoms with Crippen molar-refractivity contribution in [2.75, 3.05) is 0 Å². The Morgan fingerprint density at radius 1 is 0.806 bits per heavy atom. The van der Waals surface area contributed by atoms with Crippen LogP contribution in [0, 0.1) is 0 Å². The van der Waals surface area contributed by atoms with Gasteiger partial charge < -0.3 is 20.5 Å². The molecular weight excluding hydrogens is 392 g/mol. The third-order valence-electron chi connectivity index (χ3n) is 4.52. The lowest BCUT2D eigenvalue weighted by Gasteiger charge is -2.21. The number of aliphatic carboxylic acids is 1. The quantitative estimate of drug-likeness (QED) is 0.554. The summed E-state index contributed by atoms with van der Waals surface area (Å²) in [6.45, 7) is 0. The monoisotopic (exact) mass is 413 g/mol. The number of rotatable bonds is 8. The van der Waals surface area contributed by atoms with E-state index in [4.69, 9.17) is 0 Å². The fourth-order valence-corrected chi connectivity index (χ4v) is 3.00. The highest BCUT2D eigenvalue weighted by Crippen LogP contribution is 2.17. The van der Waals surface area contributed by atoms with Gasteiger partial charge in [-0.15, -0.1) is 0 Å². The zero-order chi connectivity index (χ0) is 22.1. The van der Waals surface area contributed by atoms with E-state index in [0.717, 1.165) is 0 Å². The predicted molar refractivity (Wildman–Crippen MR) is 115 cm³/mol. The molecule has 0 aliphatic carbocycles. The number of hydrogen-bond acceptors (Lipinski definition) is 4. The fraction of sp³-hybridized carbons (Fsp3) is 0.0800. The molecule has 6 nitrogen and oxygen atoms in total. The van der Waals surface area contributed by atoms with Crippen molar-refractivity contribution in [2.24, 2.45) is 0 Å². The molecule has 2 amide bonds. The van der Waals surface area contributed by atoms with Gasteiger partial charge in [0.05, 0.1) is 6.04 Å². The Bertz CT molecular complexity index is 1060. The molecular formula is C25H21N2O4-. The van der Waals surface area contributed by atoms with Crippen LogP contribution < -0.4 is 15.7 Å². The smallest absolute Gasteiger partial charge is 0.268 e. The van der Waals surface area contributed by atoms with Crippen molar-refractivity contribution < 1.29 is 19.5 Å². The van der Waals surface area contributed by atoms with Crippen molar-refractivity contribution in [2.45, 2.75) is 12.5 Å². The molecule has 0 radical (unpaired) electrons. The maximum atomic E-state index is 13.1. The Morgan fingerprint density at radius 3 is 1.94 bits per heavy atom. The zero-order valence-electron chi connectivity index (χ0n) is 16.7. The number of carboxylic acids is 1. The van der Waals surface area contributed by atoms with E-state index in [2.05, 4.69) is 10.6 Å². The Hall–Kier alpha value is -4.19. The minimum Gasteiger partial charge on any atom is -0.550 e. The van der Waals surface area contributed by atoms with Gasteiger partial charge in [0, 0.05) is 18.0 Å². The average Bonchev–Trinajstić information content (AvgIpc) is 2.79. The second-order valence-corrected chi connectivity index (χ2v) is 6.80. The summed E-state index contributed by atoms with van der Waals surface area (Å²) in [5.41, 5.74) is 1.72. The van der Waals surface area contributed by atoms with Crippen LogP contribution in [0.3, 0.4) is 0 Å². The number of carbonyl (C=O) groups is 3. The summed E-state index contributed by atoms with van der Waals surface area (Å²) < 4.78 is 0. The van der Waals surface area contributed by atoms with Crippen LogP contribution in [0.2, 0.25) is 0 Å². The van der Waals surface area contributed by atoms with Crippen molar-refractivity contribution in [3.05, 3.63) is 113 Å². The molecule has 0 saturated heterocycles. The van der Waals surface area contributed by atoms with Crippen LogP contribution in [-0.2, 0) is 9.59 Å². The van der Waals surface area contributed by atoms with Gasteiger partial charge in [-0.05, 0) is 29.3 Å². The Kier molecular flexibility index (Phi) is 7.32. The zero-order valence-corrected chi connectivity index (χ0v) is 16.7. The predicted octanol–water partition coefficient (Wildman–Crippen LogP) is 2.46. The number of nitrogens with one attached hydrogen (secondary N) is 2. The molecule has 31 heavy (non-hydrogen) atoms. The molecule has 0 fully saturated rings. The molecule has 3 aromatic carbocycles. The first kappa shape index (κ1) is 21.5. The summed E-state index contributed by atoms with van der Waals surface area (Å²) in [7, 11) is 0. The summed E-state index contributed by atoms with van der Waals surface area (Å²) in [5.74, 6) is -2.35. The number of carbonyl (C=O) groups excluding carboxylic acids is 3. The van der Waals surface area contributed by atoms with Crippen LogP contribution in [0.25, 0.3) is 6.08 Å². The van der Waals surface area contributed by atoms with Gasteiger partial charge in [-0.25, -0.2) is 0 Å². The second kappa shape index (κ2) is 10.5. The minimum atomic E-state index is -1.30. The van der Waals surface area contributed by atoms with E-state index in [-0.39, 0.29) is 5.70 Å². The van der Waals surface area contributed by atoms with Crippen molar-refractivity contribution in [1.29, 1.82) is 0 Å². The molecule has 0 heterocycles. The highest BCUT2D eigenvalue weighted by Gasteiger charge is 2.20. The molecule has 0 unspecified atom stereocenters. The van der Waals surface area contributed by atoms with E-state index in [0.29, 0.717) is 16.7 Å². The molecule has 0 aliphatic heterocycles. The van der Waals surface area contributed by atoms with Gasteiger partial charge in [0.1, 0.15) is 5.70 Å². The second-order valence-electron chi connectivity index (χ2n) is 6.80. The number of carboxylic acid groups (broad SMARTS) is 1. The first-order valence-electron chi connectivity index (χ1n) is 9.72. The summed E-state index contributed by atoms with van der Waals surface area (Å²) in [4.78, 5) is 37.0. The van der Waals surface area contributed by atoms with Crippen LogP contribution >= 0.6 is 0 Å². The molecule has 2 N–H and O–H groups in total. The van der Waals surface area contributed by atoms with Crippen LogP contribution in [0.15, 0.2) is 96.7 Å². The molecule has 0 aliphatic rings. The topological polar surface area (TPSA) is 98.3 Å². The van der Waals surface area contributed by atoms with E-state index < -0.39 is 30.2 Å². The van der Waals surface area contributed by atoms with Gasteiger partial charge in [0.25, 0.3) is 11.8 Å². The molecule has 6 heteroatoms. The first-order chi connectivity index (χ1) is 15.0. The van der Waals surface area contributed by atoms with E-state index >= 15 is 0 Å². The van der Waals surface area contributed by atoms with Crippen molar-refractivity contribution in [1.82, 2.24) is 10.6 Å². The number of hydrogen-bond donors (Lipinski definition) is 2. The Balaban J connectivity index is 1.88. The summed E-state index contributed by atoms with van der Waals surface area (Å²) in [6, 6.07) is 25.5. The molecule has 0 spiro atoms. The molecule has 3 aromatic rings. The van der Waals surface area contributed by atoms with Crippen LogP contribution in [-0.4, -0.2) is 17.8 Å². The standard InChI is InChI=1S/C25H22N2O4/c28-23(29)17-21(19-12-6-2-7-13-19)26-25(31)22(16-18-10-4-1-5-11-18)27-24(30)20-14-8-3-9-15-20/h1-16,21H,17H2,(H,26,31)(H,27,30)(H,28,29)/p-1/b22-16-/t21-/m1/s1. The van der Waals surface area contributed by atoms with Gasteiger partial charge in [0.15, 0.2) is 0 Å². The maximum absolute atomic E-state index is 13.1. The first-order valence-corrected chi connectivity index (χ1v) is 9.72. The van der Waals surface area contributed by atoms with Crippen molar-refractivity contribution in [3.8, 4) is 0 Å². The van der Waals surface area contributed by atoms with Gasteiger partial charge >= 0.3 is 0 Å². The fourth-order valence-electron chi connectivity index (χ4n) is 3.00. The Labute approximate surface area is 180 Å². The van der Waals surface area contributed by atoms with Crippen molar-refractivity contribution in [3.63, 3.8) is 0 Å². The summed E-state index contributed by atoms with van der Waals surface area (Å²) >= 11 is 0. The molecule has 0 bridgehead atoms. The van der Waals surface area contributed by atoms with Crippen molar-refractivity contribution >= 4 is 23.9 Å². The van der Waals surface area contributed by atoms with Crippen LogP contribution in [0.1, 0.15) is 33.9 Å². The number of amides is 2. The van der Waals surface area contributed by atoms with E-state index in [1.54, 1.807) is 72.8 Å². The SMILES string of the molecule is O=C([O-])C[C@@H](NC(=O)/C(=C/c1ccccc1)NC(=O)c1ccccc1)c1ccccc1. The van der Waals surface area contributed by atoms with Gasteiger partial charge in [0.2, 0.25) is 0 Å². The molecule has 0 aromatic heterocycles. The summed E-state index contributed by atoms with van der Waals surface area (Å²) in [5, 5.41) is 16.6. The number of benzene rings is 3. The molecule has 1 atom stereocenters. The van der Waals surface area contributed by atoms with Crippen LogP contribution in [0.4, 0.5) is 0 Å². The highest BCUT2D eigenvalue weighted by atomic mass is 16.4. The van der Waals surface area contributed by atoms with E-state index in [1.807, 2.05) is 18.2 Å². The lowest BCUT2D eigenvalue weighted by atomic mass is 10.0.